The quantitative estimate of drug-likeness (QED) is 0.525. The summed E-state index contributed by atoms with van der Waals surface area (Å²) in [6.07, 6.45) is 1.52. The first-order valence-electron chi connectivity index (χ1n) is 5.03. The lowest BCUT2D eigenvalue weighted by molar-refractivity contribution is -0.0444. The van der Waals surface area contributed by atoms with Crippen molar-refractivity contribution in [3.05, 3.63) is 24.2 Å². The monoisotopic (exact) mass is 247 g/mol. The van der Waals surface area contributed by atoms with Crippen molar-refractivity contribution >= 4 is 5.96 Å². The van der Waals surface area contributed by atoms with Crippen LogP contribution in [0.2, 0.25) is 0 Å². The maximum absolute atomic E-state index is 12.7. The van der Waals surface area contributed by atoms with E-state index >= 15 is 0 Å². The van der Waals surface area contributed by atoms with E-state index < -0.39 is 19.1 Å². The lowest BCUT2D eigenvalue weighted by Gasteiger charge is -2.16. The number of nitrogens with zero attached hydrogens (tertiary/aromatic N) is 1. The molecule has 0 aliphatic carbocycles. The average molecular weight is 247 g/mol. The highest BCUT2D eigenvalue weighted by atomic mass is 19.3. The largest absolute Gasteiger partial charge is 0.467 e. The van der Waals surface area contributed by atoms with Gasteiger partial charge in [-0.1, -0.05) is 0 Å². The Morgan fingerprint density at radius 1 is 1.53 bits per heavy atom. The molecular weight excluding hydrogens is 232 g/mol. The first kappa shape index (κ1) is 13.4. The summed E-state index contributed by atoms with van der Waals surface area (Å²) in [6, 6.07) is 3.48. The third-order valence-electron chi connectivity index (χ3n) is 1.98. The second-order valence-electron chi connectivity index (χ2n) is 3.37. The van der Waals surface area contributed by atoms with E-state index in [0.717, 1.165) is 0 Å². The van der Waals surface area contributed by atoms with Crippen LogP contribution < -0.4 is 10.6 Å². The van der Waals surface area contributed by atoms with Crippen molar-refractivity contribution in [1.82, 2.24) is 10.6 Å². The van der Waals surface area contributed by atoms with Gasteiger partial charge in [-0.15, -0.1) is 0 Å². The second kappa shape index (κ2) is 6.19. The van der Waals surface area contributed by atoms with Crippen LogP contribution in [0.15, 0.2) is 27.8 Å². The van der Waals surface area contributed by atoms with Gasteiger partial charge >= 0.3 is 0 Å². The van der Waals surface area contributed by atoms with E-state index in [1.165, 1.54) is 13.3 Å². The molecule has 0 fully saturated rings. The molecule has 0 unspecified atom stereocenters. The summed E-state index contributed by atoms with van der Waals surface area (Å²) < 4.78 is 30.6. The molecule has 3 N–H and O–H groups in total. The number of aliphatic imine (C=N–C) groups is 1. The summed E-state index contributed by atoms with van der Waals surface area (Å²) >= 11 is 0. The van der Waals surface area contributed by atoms with E-state index in [0.29, 0.717) is 12.3 Å². The van der Waals surface area contributed by atoms with Crippen LogP contribution in [0.4, 0.5) is 8.78 Å². The molecule has 0 aliphatic rings. The van der Waals surface area contributed by atoms with E-state index in [4.69, 9.17) is 9.52 Å². The van der Waals surface area contributed by atoms with Crippen molar-refractivity contribution in [2.75, 3.05) is 20.2 Å². The molecular formula is C10H15F2N3O2. The minimum atomic E-state index is -3.16. The number of alkyl halides is 2. The van der Waals surface area contributed by atoms with Gasteiger partial charge in [-0.2, -0.15) is 0 Å². The lowest BCUT2D eigenvalue weighted by atomic mass is 10.3. The van der Waals surface area contributed by atoms with E-state index in [9.17, 15) is 8.78 Å². The standard InChI is InChI=1S/C10H15F2N3O2/c1-13-9(15-6-10(11,12)7-16)14-5-8-3-2-4-17-8/h2-4,16H,5-7H2,1H3,(H2,13,14,15). The molecule has 7 heteroatoms. The molecule has 0 saturated heterocycles. The van der Waals surface area contributed by atoms with E-state index in [1.54, 1.807) is 12.1 Å². The SMILES string of the molecule is CN=C(NCc1ccco1)NCC(F)(F)CO. The zero-order valence-corrected chi connectivity index (χ0v) is 9.41. The predicted octanol–water partition coefficient (Wildman–Crippen LogP) is 0.572. The Morgan fingerprint density at radius 2 is 2.29 bits per heavy atom. The highest BCUT2D eigenvalue weighted by Gasteiger charge is 2.27. The smallest absolute Gasteiger partial charge is 0.287 e. The van der Waals surface area contributed by atoms with Gasteiger partial charge in [0.05, 0.1) is 19.4 Å². The van der Waals surface area contributed by atoms with Crippen LogP contribution in [0.3, 0.4) is 0 Å². The van der Waals surface area contributed by atoms with Gasteiger partial charge < -0.3 is 20.2 Å². The third-order valence-corrected chi connectivity index (χ3v) is 1.98. The van der Waals surface area contributed by atoms with Gasteiger partial charge in [0.2, 0.25) is 0 Å². The zero-order valence-electron chi connectivity index (χ0n) is 9.41. The predicted molar refractivity (Wildman–Crippen MR) is 58.9 cm³/mol. The summed E-state index contributed by atoms with van der Waals surface area (Å²) in [7, 11) is 1.47. The number of aliphatic hydroxyl groups excluding tert-OH is 1. The second-order valence-corrected chi connectivity index (χ2v) is 3.37. The molecule has 0 bridgehead atoms. The fourth-order valence-electron chi connectivity index (χ4n) is 1.07. The molecule has 1 heterocycles. The van der Waals surface area contributed by atoms with E-state index in [-0.39, 0.29) is 5.96 Å². The van der Waals surface area contributed by atoms with Crippen LogP contribution in [0.25, 0.3) is 0 Å². The van der Waals surface area contributed by atoms with Crippen LogP contribution >= 0.6 is 0 Å². The topological polar surface area (TPSA) is 69.8 Å². The fourth-order valence-corrected chi connectivity index (χ4v) is 1.07. The number of guanidine groups is 1. The van der Waals surface area contributed by atoms with Crippen LogP contribution in [0.5, 0.6) is 0 Å². The fraction of sp³-hybridized carbons (Fsp3) is 0.500. The molecule has 0 saturated carbocycles. The Balaban J connectivity index is 2.35. The van der Waals surface area contributed by atoms with Crippen molar-refractivity contribution in [2.24, 2.45) is 4.99 Å². The Labute approximate surface area is 97.5 Å². The summed E-state index contributed by atoms with van der Waals surface area (Å²) in [5.74, 6) is -2.28. The zero-order chi connectivity index (χ0) is 12.7. The minimum absolute atomic E-state index is 0.217. The summed E-state index contributed by atoms with van der Waals surface area (Å²) in [5, 5.41) is 13.6. The van der Waals surface area contributed by atoms with Gasteiger partial charge in [-0.05, 0) is 12.1 Å². The maximum Gasteiger partial charge on any atom is 0.287 e. The third kappa shape index (κ3) is 4.81. The number of halogens is 2. The first-order chi connectivity index (χ1) is 8.07. The Bertz CT molecular complexity index is 352. The molecule has 96 valence electrons. The summed E-state index contributed by atoms with van der Waals surface area (Å²) in [6.45, 7) is -1.53. The number of furan rings is 1. The van der Waals surface area contributed by atoms with Crippen molar-refractivity contribution in [1.29, 1.82) is 0 Å². The Hall–Kier alpha value is -1.63. The van der Waals surface area contributed by atoms with Crippen molar-refractivity contribution in [3.63, 3.8) is 0 Å². The summed E-state index contributed by atoms with van der Waals surface area (Å²) in [4.78, 5) is 3.76. The molecule has 1 aromatic rings. The molecule has 0 aromatic carbocycles. The molecule has 17 heavy (non-hydrogen) atoms. The maximum atomic E-state index is 12.7. The van der Waals surface area contributed by atoms with E-state index in [2.05, 4.69) is 15.6 Å². The minimum Gasteiger partial charge on any atom is -0.467 e. The molecule has 0 radical (unpaired) electrons. The molecule has 1 rings (SSSR count). The van der Waals surface area contributed by atoms with Crippen LogP contribution in [0.1, 0.15) is 5.76 Å². The summed E-state index contributed by atoms with van der Waals surface area (Å²) in [5.41, 5.74) is 0. The highest BCUT2D eigenvalue weighted by Crippen LogP contribution is 2.09. The first-order valence-corrected chi connectivity index (χ1v) is 5.03. The number of rotatable bonds is 5. The number of hydrogen-bond donors (Lipinski definition) is 3. The van der Waals surface area contributed by atoms with Crippen molar-refractivity contribution < 1.29 is 18.3 Å². The Kier molecular flexibility index (Phi) is 4.89. The molecule has 0 aliphatic heterocycles. The van der Waals surface area contributed by atoms with Crippen LogP contribution in [0, 0.1) is 0 Å². The highest BCUT2D eigenvalue weighted by molar-refractivity contribution is 5.79. The van der Waals surface area contributed by atoms with Crippen molar-refractivity contribution in [3.8, 4) is 0 Å². The van der Waals surface area contributed by atoms with Crippen LogP contribution in [-0.4, -0.2) is 37.2 Å². The van der Waals surface area contributed by atoms with Gasteiger partial charge in [-0.3, -0.25) is 4.99 Å². The average Bonchev–Trinajstić information content (AvgIpc) is 2.82. The van der Waals surface area contributed by atoms with Gasteiger partial charge in [0.25, 0.3) is 5.92 Å². The number of hydrogen-bond acceptors (Lipinski definition) is 3. The van der Waals surface area contributed by atoms with Crippen LogP contribution in [-0.2, 0) is 6.54 Å². The Morgan fingerprint density at radius 3 is 2.82 bits per heavy atom. The number of nitrogens with one attached hydrogen (secondary N) is 2. The lowest BCUT2D eigenvalue weighted by Crippen LogP contribution is -2.44. The molecule has 0 atom stereocenters. The molecule has 1 aromatic heterocycles. The molecule has 0 spiro atoms. The normalized spacial score (nSPS) is 12.6. The molecule has 0 amide bonds. The van der Waals surface area contributed by atoms with Gasteiger partial charge in [0.1, 0.15) is 12.4 Å². The van der Waals surface area contributed by atoms with Gasteiger partial charge in [-0.25, -0.2) is 8.78 Å². The van der Waals surface area contributed by atoms with Gasteiger partial charge in [0.15, 0.2) is 5.96 Å². The molecule has 5 nitrogen and oxygen atoms in total. The van der Waals surface area contributed by atoms with Gasteiger partial charge in [0, 0.05) is 7.05 Å². The number of aliphatic hydroxyl groups is 1. The van der Waals surface area contributed by atoms with Crippen molar-refractivity contribution in [2.45, 2.75) is 12.5 Å². The van der Waals surface area contributed by atoms with E-state index in [1.807, 2.05) is 0 Å².